The molecule has 0 saturated carbocycles. The van der Waals surface area contributed by atoms with Crippen molar-refractivity contribution in [2.45, 2.75) is 6.54 Å². The Kier molecular flexibility index (Phi) is 6.45. The molecule has 0 atom stereocenters. The minimum Gasteiger partial charge on any atom is -0.304 e. The maximum atomic E-state index is 12.1. The van der Waals surface area contributed by atoms with Crippen LogP contribution < -0.4 is 5.32 Å². The molecule has 27 heavy (non-hydrogen) atoms. The van der Waals surface area contributed by atoms with Gasteiger partial charge in [-0.3, -0.25) is 9.48 Å². The first-order chi connectivity index (χ1) is 12.9. The van der Waals surface area contributed by atoms with E-state index in [1.807, 2.05) is 12.1 Å². The summed E-state index contributed by atoms with van der Waals surface area (Å²) in [7, 11) is 0. The summed E-state index contributed by atoms with van der Waals surface area (Å²) in [6.07, 6.45) is 4.57. The van der Waals surface area contributed by atoms with Gasteiger partial charge in [-0.05, 0) is 29.8 Å². The maximum absolute atomic E-state index is 12.1. The molecule has 3 rings (SSSR count). The van der Waals surface area contributed by atoms with Gasteiger partial charge in [-0.15, -0.1) is 0 Å². The Morgan fingerprint density at radius 2 is 1.63 bits per heavy atom. The van der Waals surface area contributed by atoms with Gasteiger partial charge in [-0.25, -0.2) is 0 Å². The number of nitrogens with one attached hydrogen (secondary N) is 1. The quantitative estimate of drug-likeness (QED) is 0.480. The molecule has 2 aromatic carbocycles. The molecule has 0 aliphatic rings. The van der Waals surface area contributed by atoms with E-state index in [1.54, 1.807) is 47.3 Å². The van der Waals surface area contributed by atoms with Gasteiger partial charge in [0.25, 0.3) is 0 Å². The van der Waals surface area contributed by atoms with Crippen molar-refractivity contribution in [1.29, 1.82) is 0 Å². The van der Waals surface area contributed by atoms with Gasteiger partial charge < -0.3 is 5.32 Å². The molecule has 0 unspecified atom stereocenters. The zero-order valence-corrected chi connectivity index (χ0v) is 16.8. The number of aromatic nitrogens is 2. The topological polar surface area (TPSA) is 46.9 Å². The number of benzene rings is 2. The molecule has 0 bridgehead atoms. The van der Waals surface area contributed by atoms with E-state index < -0.39 is 0 Å². The highest BCUT2D eigenvalue weighted by atomic mass is 35.5. The lowest BCUT2D eigenvalue weighted by atomic mass is 10.2. The van der Waals surface area contributed by atoms with Crippen molar-refractivity contribution in [1.82, 2.24) is 9.78 Å². The number of anilines is 1. The maximum Gasteiger partial charge on any atom is 0.249 e. The summed E-state index contributed by atoms with van der Waals surface area (Å²) >= 11 is 24.6. The van der Waals surface area contributed by atoms with E-state index in [9.17, 15) is 4.79 Å². The number of hydrogen-bond acceptors (Lipinski definition) is 2. The average molecular weight is 441 g/mol. The van der Waals surface area contributed by atoms with Crippen LogP contribution in [-0.4, -0.2) is 15.7 Å². The van der Waals surface area contributed by atoms with Crippen LogP contribution in [0.4, 0.5) is 5.82 Å². The van der Waals surface area contributed by atoms with Crippen LogP contribution in [0, 0.1) is 0 Å². The summed E-state index contributed by atoms with van der Waals surface area (Å²) in [6, 6.07) is 12.5. The van der Waals surface area contributed by atoms with Crippen LogP contribution in [0.2, 0.25) is 20.1 Å². The monoisotopic (exact) mass is 439 g/mol. The van der Waals surface area contributed by atoms with E-state index >= 15 is 0 Å². The largest absolute Gasteiger partial charge is 0.304 e. The Labute approximate surface area is 176 Å². The molecule has 4 nitrogen and oxygen atoms in total. The molecular formula is C19H13Cl4N3O. The predicted octanol–water partition coefficient (Wildman–Crippen LogP) is 6.20. The fourth-order valence-corrected chi connectivity index (χ4v) is 3.26. The van der Waals surface area contributed by atoms with Crippen LogP contribution in [0.25, 0.3) is 6.08 Å². The average Bonchev–Trinajstić information content (AvgIpc) is 2.97. The Morgan fingerprint density at radius 3 is 2.33 bits per heavy atom. The molecule has 0 spiro atoms. The van der Waals surface area contributed by atoms with Gasteiger partial charge in [0.2, 0.25) is 5.91 Å². The molecule has 1 N–H and O–H groups in total. The molecule has 0 aliphatic heterocycles. The molecule has 8 heteroatoms. The SMILES string of the molecule is O=C(/C=C/c1ccccc1Cl)Nc1nn(Cc2c(Cl)cccc2Cl)cc1Cl. The third-order valence-corrected chi connectivity index (χ3v) is 4.99. The molecule has 0 radical (unpaired) electrons. The zero-order valence-electron chi connectivity index (χ0n) is 13.8. The highest BCUT2D eigenvalue weighted by Crippen LogP contribution is 2.27. The molecule has 1 aromatic heterocycles. The molecule has 138 valence electrons. The highest BCUT2D eigenvalue weighted by molar-refractivity contribution is 6.36. The number of amides is 1. The van der Waals surface area contributed by atoms with Gasteiger partial charge in [0.15, 0.2) is 5.82 Å². The Bertz CT molecular complexity index is 994. The zero-order chi connectivity index (χ0) is 19.4. The Hall–Kier alpha value is -1.98. The van der Waals surface area contributed by atoms with Crippen LogP contribution >= 0.6 is 46.4 Å². The van der Waals surface area contributed by atoms with Crippen molar-refractivity contribution in [2.24, 2.45) is 0 Å². The lowest BCUT2D eigenvalue weighted by Crippen LogP contribution is -2.10. The van der Waals surface area contributed by atoms with Crippen molar-refractivity contribution in [3.05, 3.63) is 86.0 Å². The standard InChI is InChI=1S/C19H13Cl4N3O/c20-14-5-2-1-4-12(14)8-9-18(27)24-19-17(23)11-26(25-19)10-13-15(21)6-3-7-16(13)22/h1-9,11H,10H2,(H,24,25,27)/b9-8+. The molecule has 0 fully saturated rings. The van der Waals surface area contributed by atoms with Gasteiger partial charge in [0.1, 0.15) is 5.02 Å². The first-order valence-corrected chi connectivity index (χ1v) is 9.34. The van der Waals surface area contributed by atoms with Gasteiger partial charge in [-0.1, -0.05) is 70.7 Å². The Balaban J connectivity index is 1.71. The molecule has 3 aromatic rings. The van der Waals surface area contributed by atoms with E-state index in [0.717, 1.165) is 11.1 Å². The van der Waals surface area contributed by atoms with Crippen LogP contribution in [0.3, 0.4) is 0 Å². The number of carbonyl (C=O) groups is 1. The van der Waals surface area contributed by atoms with Crippen LogP contribution in [-0.2, 0) is 11.3 Å². The van der Waals surface area contributed by atoms with Gasteiger partial charge in [-0.2, -0.15) is 5.10 Å². The van der Waals surface area contributed by atoms with Crippen LogP contribution in [0.1, 0.15) is 11.1 Å². The number of carbonyl (C=O) groups excluding carboxylic acids is 1. The molecule has 0 saturated heterocycles. The summed E-state index contributed by atoms with van der Waals surface area (Å²) in [4.78, 5) is 12.1. The van der Waals surface area contributed by atoms with Crippen molar-refractivity contribution in [2.75, 3.05) is 5.32 Å². The lowest BCUT2D eigenvalue weighted by molar-refractivity contribution is -0.111. The molecule has 1 heterocycles. The summed E-state index contributed by atoms with van der Waals surface area (Å²) < 4.78 is 1.56. The van der Waals surface area contributed by atoms with E-state index in [0.29, 0.717) is 26.6 Å². The van der Waals surface area contributed by atoms with E-state index in [1.165, 1.54) is 6.08 Å². The summed E-state index contributed by atoms with van der Waals surface area (Å²) in [5.74, 6) is -0.133. The first-order valence-electron chi connectivity index (χ1n) is 7.83. The minimum atomic E-state index is -0.377. The van der Waals surface area contributed by atoms with Crippen LogP contribution in [0.5, 0.6) is 0 Å². The van der Waals surface area contributed by atoms with E-state index in [-0.39, 0.29) is 11.7 Å². The van der Waals surface area contributed by atoms with Gasteiger partial charge >= 0.3 is 0 Å². The highest BCUT2D eigenvalue weighted by Gasteiger charge is 2.12. The van der Waals surface area contributed by atoms with Gasteiger partial charge in [0, 0.05) is 32.9 Å². The number of nitrogens with zero attached hydrogens (tertiary/aromatic N) is 2. The third-order valence-electron chi connectivity index (χ3n) is 3.66. The summed E-state index contributed by atoms with van der Waals surface area (Å²) in [5, 5.41) is 8.83. The fraction of sp³-hybridized carbons (Fsp3) is 0.0526. The second kappa shape index (κ2) is 8.81. The smallest absolute Gasteiger partial charge is 0.249 e. The van der Waals surface area contributed by atoms with E-state index in [2.05, 4.69) is 10.4 Å². The molecular weight excluding hydrogens is 428 g/mol. The summed E-state index contributed by atoms with van der Waals surface area (Å²) in [5.41, 5.74) is 1.45. The van der Waals surface area contributed by atoms with Crippen LogP contribution in [0.15, 0.2) is 54.7 Å². The second-order valence-electron chi connectivity index (χ2n) is 5.57. The predicted molar refractivity (Wildman–Crippen MR) is 112 cm³/mol. The van der Waals surface area contributed by atoms with Crippen molar-refractivity contribution >= 4 is 64.2 Å². The lowest BCUT2D eigenvalue weighted by Gasteiger charge is -2.06. The molecule has 1 amide bonds. The molecule has 0 aliphatic carbocycles. The summed E-state index contributed by atoms with van der Waals surface area (Å²) in [6.45, 7) is 0.323. The van der Waals surface area contributed by atoms with E-state index in [4.69, 9.17) is 46.4 Å². The fourth-order valence-electron chi connectivity index (χ4n) is 2.34. The van der Waals surface area contributed by atoms with Crippen molar-refractivity contribution < 1.29 is 4.79 Å². The van der Waals surface area contributed by atoms with Crippen molar-refractivity contribution in [3.63, 3.8) is 0 Å². The number of rotatable bonds is 5. The number of halogens is 4. The third kappa shape index (κ3) is 5.05. The second-order valence-corrected chi connectivity index (χ2v) is 7.20. The van der Waals surface area contributed by atoms with Gasteiger partial charge in [0.05, 0.1) is 6.54 Å². The van der Waals surface area contributed by atoms with Crippen molar-refractivity contribution in [3.8, 4) is 0 Å². The number of hydrogen-bond donors (Lipinski definition) is 1. The normalized spacial score (nSPS) is 11.1. The first kappa shape index (κ1) is 19.8. The Morgan fingerprint density at radius 1 is 0.963 bits per heavy atom. The minimum absolute atomic E-state index is 0.244.